The van der Waals surface area contributed by atoms with E-state index in [0.717, 1.165) is 4.88 Å². The van der Waals surface area contributed by atoms with Crippen molar-refractivity contribution >= 4 is 23.2 Å². The lowest BCUT2D eigenvalue weighted by Crippen LogP contribution is -2.42. The SMILES string of the molecule is CC(C)CC(=O)NNC(=O)CCc1nc(-c2cccs2)no1. The van der Waals surface area contributed by atoms with E-state index >= 15 is 0 Å². The number of hydrogen-bond donors (Lipinski definition) is 2. The number of nitrogens with one attached hydrogen (secondary N) is 2. The van der Waals surface area contributed by atoms with Gasteiger partial charge in [0.25, 0.3) is 0 Å². The smallest absolute Gasteiger partial charge is 0.238 e. The number of thiophene rings is 1. The second-order valence-corrected chi connectivity index (χ2v) is 6.13. The topological polar surface area (TPSA) is 97.1 Å². The maximum Gasteiger partial charge on any atom is 0.238 e. The first-order chi connectivity index (χ1) is 10.5. The van der Waals surface area contributed by atoms with Crippen molar-refractivity contribution in [1.82, 2.24) is 21.0 Å². The number of rotatable bonds is 6. The number of carbonyl (C=O) groups excluding carboxylic acids is 2. The molecule has 0 aromatic carbocycles. The standard InChI is InChI=1S/C14H18N4O3S/c1-9(2)8-12(20)17-16-11(19)5-6-13-15-14(18-21-13)10-4-3-7-22-10/h3-4,7,9H,5-6,8H2,1-2H3,(H,16,19)(H,17,20). The number of carbonyl (C=O) groups is 2. The predicted octanol–water partition coefficient (Wildman–Crippen LogP) is 1.92. The molecule has 0 atom stereocenters. The normalized spacial score (nSPS) is 10.7. The van der Waals surface area contributed by atoms with E-state index in [0.29, 0.717) is 24.6 Å². The Morgan fingerprint density at radius 1 is 1.32 bits per heavy atom. The number of hydrazine groups is 1. The molecule has 2 heterocycles. The van der Waals surface area contributed by atoms with Gasteiger partial charge in [0, 0.05) is 19.3 Å². The summed E-state index contributed by atoms with van der Waals surface area (Å²) in [5.74, 6) is 0.655. The van der Waals surface area contributed by atoms with Crippen molar-refractivity contribution in [3.63, 3.8) is 0 Å². The average molecular weight is 322 g/mol. The van der Waals surface area contributed by atoms with Crippen LogP contribution in [0, 0.1) is 5.92 Å². The molecule has 0 aliphatic heterocycles. The van der Waals surface area contributed by atoms with E-state index in [2.05, 4.69) is 21.0 Å². The first-order valence-corrected chi connectivity index (χ1v) is 7.86. The van der Waals surface area contributed by atoms with Gasteiger partial charge in [-0.05, 0) is 17.4 Å². The minimum Gasteiger partial charge on any atom is -0.339 e. The molecule has 0 aliphatic rings. The van der Waals surface area contributed by atoms with Gasteiger partial charge >= 0.3 is 0 Å². The zero-order valence-corrected chi connectivity index (χ0v) is 13.3. The van der Waals surface area contributed by atoms with Crippen molar-refractivity contribution in [2.45, 2.75) is 33.1 Å². The van der Waals surface area contributed by atoms with E-state index in [-0.39, 0.29) is 24.2 Å². The number of aromatic nitrogens is 2. The zero-order chi connectivity index (χ0) is 15.9. The van der Waals surface area contributed by atoms with Crippen molar-refractivity contribution in [3.05, 3.63) is 23.4 Å². The van der Waals surface area contributed by atoms with Crippen LogP contribution in [-0.4, -0.2) is 22.0 Å². The highest BCUT2D eigenvalue weighted by atomic mass is 32.1. The van der Waals surface area contributed by atoms with Crippen LogP contribution in [0.4, 0.5) is 0 Å². The predicted molar refractivity (Wildman–Crippen MR) is 81.7 cm³/mol. The molecule has 2 amide bonds. The second kappa shape index (κ2) is 7.69. The van der Waals surface area contributed by atoms with Crippen LogP contribution in [0.1, 0.15) is 32.6 Å². The number of amides is 2. The van der Waals surface area contributed by atoms with Crippen molar-refractivity contribution in [1.29, 1.82) is 0 Å². The zero-order valence-electron chi connectivity index (χ0n) is 12.5. The Bertz CT molecular complexity index is 622. The third-order valence-electron chi connectivity index (χ3n) is 2.71. The summed E-state index contributed by atoms with van der Waals surface area (Å²) in [6, 6.07) is 3.81. The minimum atomic E-state index is -0.298. The Labute approximate surface area is 132 Å². The second-order valence-electron chi connectivity index (χ2n) is 5.18. The summed E-state index contributed by atoms with van der Waals surface area (Å²) in [6.07, 6.45) is 0.854. The third kappa shape index (κ3) is 4.96. The highest BCUT2D eigenvalue weighted by molar-refractivity contribution is 7.13. The lowest BCUT2D eigenvalue weighted by atomic mass is 10.1. The molecule has 7 nitrogen and oxygen atoms in total. The van der Waals surface area contributed by atoms with E-state index < -0.39 is 0 Å². The highest BCUT2D eigenvalue weighted by Crippen LogP contribution is 2.21. The van der Waals surface area contributed by atoms with Crippen LogP contribution in [-0.2, 0) is 16.0 Å². The number of aryl methyl sites for hydroxylation is 1. The molecule has 0 bridgehead atoms. The van der Waals surface area contributed by atoms with E-state index in [4.69, 9.17) is 4.52 Å². The Kier molecular flexibility index (Phi) is 5.65. The molecule has 2 N–H and O–H groups in total. The molecule has 0 fully saturated rings. The molecule has 0 unspecified atom stereocenters. The van der Waals surface area contributed by atoms with Crippen LogP contribution in [0.3, 0.4) is 0 Å². The summed E-state index contributed by atoms with van der Waals surface area (Å²) in [6.45, 7) is 3.87. The van der Waals surface area contributed by atoms with Gasteiger partial charge in [0.1, 0.15) is 0 Å². The minimum absolute atomic E-state index is 0.161. The van der Waals surface area contributed by atoms with E-state index in [1.165, 1.54) is 11.3 Å². The molecule has 2 aromatic heterocycles. The average Bonchev–Trinajstić information content (AvgIpc) is 3.12. The van der Waals surface area contributed by atoms with E-state index in [1.54, 1.807) is 0 Å². The van der Waals surface area contributed by atoms with Crippen LogP contribution in [0.15, 0.2) is 22.0 Å². The maximum atomic E-state index is 11.6. The van der Waals surface area contributed by atoms with E-state index in [1.807, 2.05) is 31.4 Å². The van der Waals surface area contributed by atoms with Crippen LogP contribution >= 0.6 is 11.3 Å². The Morgan fingerprint density at radius 3 is 2.77 bits per heavy atom. The van der Waals surface area contributed by atoms with Gasteiger partial charge in [0.15, 0.2) is 0 Å². The maximum absolute atomic E-state index is 11.6. The molecule has 22 heavy (non-hydrogen) atoms. The molecule has 0 radical (unpaired) electrons. The summed E-state index contributed by atoms with van der Waals surface area (Å²) in [4.78, 5) is 28.2. The fraction of sp³-hybridized carbons (Fsp3) is 0.429. The van der Waals surface area contributed by atoms with Gasteiger partial charge in [-0.2, -0.15) is 4.98 Å². The van der Waals surface area contributed by atoms with Crippen molar-refractivity contribution in [3.8, 4) is 10.7 Å². The molecular weight excluding hydrogens is 304 g/mol. The summed E-state index contributed by atoms with van der Waals surface area (Å²) in [7, 11) is 0. The first kappa shape index (κ1) is 16.2. The van der Waals surface area contributed by atoms with Crippen LogP contribution < -0.4 is 10.9 Å². The van der Waals surface area contributed by atoms with Gasteiger partial charge < -0.3 is 4.52 Å². The molecule has 118 valence electrons. The quantitative estimate of drug-likeness (QED) is 0.792. The largest absolute Gasteiger partial charge is 0.339 e. The molecular formula is C14H18N4O3S. The van der Waals surface area contributed by atoms with Crippen LogP contribution in [0.2, 0.25) is 0 Å². The van der Waals surface area contributed by atoms with Gasteiger partial charge in [-0.25, -0.2) is 0 Å². The number of nitrogens with zero attached hydrogens (tertiary/aromatic N) is 2. The van der Waals surface area contributed by atoms with Gasteiger partial charge in [-0.1, -0.05) is 25.1 Å². The molecule has 0 aliphatic carbocycles. The molecule has 0 saturated carbocycles. The molecule has 2 aromatic rings. The lowest BCUT2D eigenvalue weighted by molar-refractivity contribution is -0.129. The Balaban J connectivity index is 1.74. The van der Waals surface area contributed by atoms with Gasteiger partial charge in [0.2, 0.25) is 23.5 Å². The lowest BCUT2D eigenvalue weighted by Gasteiger charge is -2.07. The van der Waals surface area contributed by atoms with Crippen molar-refractivity contribution in [2.24, 2.45) is 5.92 Å². The summed E-state index contributed by atoms with van der Waals surface area (Å²) >= 11 is 1.52. The summed E-state index contributed by atoms with van der Waals surface area (Å²) < 4.78 is 5.10. The molecule has 2 rings (SSSR count). The fourth-order valence-electron chi connectivity index (χ4n) is 1.71. The molecule has 0 saturated heterocycles. The first-order valence-electron chi connectivity index (χ1n) is 6.98. The Morgan fingerprint density at radius 2 is 2.09 bits per heavy atom. The van der Waals surface area contributed by atoms with Crippen LogP contribution in [0.25, 0.3) is 10.7 Å². The Hall–Kier alpha value is -2.22. The van der Waals surface area contributed by atoms with E-state index in [9.17, 15) is 9.59 Å². The molecule has 0 spiro atoms. The van der Waals surface area contributed by atoms with Crippen molar-refractivity contribution < 1.29 is 14.1 Å². The third-order valence-corrected chi connectivity index (χ3v) is 3.58. The fourth-order valence-corrected chi connectivity index (χ4v) is 2.36. The summed E-state index contributed by atoms with van der Waals surface area (Å²) in [5.41, 5.74) is 4.74. The van der Waals surface area contributed by atoms with Gasteiger partial charge in [-0.15, -0.1) is 11.3 Å². The van der Waals surface area contributed by atoms with Gasteiger partial charge in [0.05, 0.1) is 4.88 Å². The summed E-state index contributed by atoms with van der Waals surface area (Å²) in [5, 5.41) is 5.80. The monoisotopic (exact) mass is 322 g/mol. The van der Waals surface area contributed by atoms with Crippen molar-refractivity contribution in [2.75, 3.05) is 0 Å². The van der Waals surface area contributed by atoms with Crippen LogP contribution in [0.5, 0.6) is 0 Å². The molecule has 8 heteroatoms. The van der Waals surface area contributed by atoms with Gasteiger partial charge in [-0.3, -0.25) is 20.4 Å². The highest BCUT2D eigenvalue weighted by Gasteiger charge is 2.12. The number of hydrogen-bond acceptors (Lipinski definition) is 6.